The molecule has 0 aliphatic heterocycles. The first-order chi connectivity index (χ1) is 17.6. The average Bonchev–Trinajstić information content (AvgIpc) is 3.52. The SMILES string of the molecule is CCNCc1cncc(-c2ccc3[nH]nc(-c4nc5c(-c6cccc(F)c6)nccc5[nH]4)c3c2F)c1. The third-order valence-electron chi connectivity index (χ3n) is 6.08. The van der Waals surface area contributed by atoms with Crippen molar-refractivity contribution in [3.8, 4) is 33.9 Å². The van der Waals surface area contributed by atoms with Crippen LogP contribution in [0.4, 0.5) is 8.78 Å². The average molecular weight is 482 g/mol. The van der Waals surface area contributed by atoms with E-state index in [1.165, 1.54) is 12.1 Å². The Morgan fingerprint density at radius 2 is 1.86 bits per heavy atom. The summed E-state index contributed by atoms with van der Waals surface area (Å²) in [6.07, 6.45) is 5.04. The highest BCUT2D eigenvalue weighted by Gasteiger charge is 2.20. The summed E-state index contributed by atoms with van der Waals surface area (Å²) in [4.78, 5) is 16.6. The maximum absolute atomic E-state index is 16.0. The molecule has 0 bridgehead atoms. The third-order valence-corrected chi connectivity index (χ3v) is 6.08. The number of aromatic amines is 2. The topological polar surface area (TPSA) is 95.2 Å². The summed E-state index contributed by atoms with van der Waals surface area (Å²) in [6, 6.07) is 13.4. The molecule has 6 rings (SSSR count). The van der Waals surface area contributed by atoms with E-state index in [0.29, 0.717) is 62.4 Å². The smallest absolute Gasteiger partial charge is 0.159 e. The minimum absolute atomic E-state index is 0.323. The quantitative estimate of drug-likeness (QED) is 0.287. The number of hydrogen-bond donors (Lipinski definition) is 3. The van der Waals surface area contributed by atoms with Crippen LogP contribution in [0.25, 0.3) is 55.8 Å². The first-order valence-corrected chi connectivity index (χ1v) is 11.5. The second-order valence-electron chi connectivity index (χ2n) is 8.44. The molecule has 3 N–H and O–H groups in total. The van der Waals surface area contributed by atoms with E-state index >= 15 is 4.39 Å². The molecule has 2 aromatic carbocycles. The minimum atomic E-state index is -0.414. The van der Waals surface area contributed by atoms with E-state index in [-0.39, 0.29) is 5.82 Å². The second kappa shape index (κ2) is 8.94. The number of hydrogen-bond acceptors (Lipinski definition) is 5. The Morgan fingerprint density at radius 1 is 0.944 bits per heavy atom. The number of nitrogens with zero attached hydrogens (tertiary/aromatic N) is 4. The van der Waals surface area contributed by atoms with Crippen molar-refractivity contribution in [3.05, 3.63) is 84.3 Å². The third kappa shape index (κ3) is 3.79. The Balaban J connectivity index is 1.48. The van der Waals surface area contributed by atoms with Gasteiger partial charge in [-0.2, -0.15) is 5.10 Å². The van der Waals surface area contributed by atoms with Crippen LogP contribution < -0.4 is 5.32 Å². The fourth-order valence-corrected chi connectivity index (χ4v) is 4.36. The number of imidazole rings is 1. The molecule has 0 spiro atoms. The van der Waals surface area contributed by atoms with Gasteiger partial charge in [0.15, 0.2) is 5.82 Å². The monoisotopic (exact) mass is 481 g/mol. The highest BCUT2D eigenvalue weighted by molar-refractivity contribution is 5.98. The van der Waals surface area contributed by atoms with Crippen LogP contribution in [0.5, 0.6) is 0 Å². The maximum Gasteiger partial charge on any atom is 0.159 e. The molecule has 36 heavy (non-hydrogen) atoms. The molecule has 0 unspecified atom stereocenters. The van der Waals surface area contributed by atoms with Crippen molar-refractivity contribution in [2.75, 3.05) is 6.54 Å². The van der Waals surface area contributed by atoms with E-state index < -0.39 is 5.82 Å². The normalized spacial score (nSPS) is 11.5. The standard InChI is InChI=1S/C27H21F2N7/c1-2-30-12-15-10-17(14-31-13-15)19-6-7-20-22(23(19)29)26(36-35-20)27-33-21-8-9-32-24(25(21)34-27)16-4-3-5-18(28)11-16/h3-11,13-14,30H,2,12H2,1H3,(H,33,34)(H,35,36). The second-order valence-corrected chi connectivity index (χ2v) is 8.44. The van der Waals surface area contributed by atoms with Gasteiger partial charge in [0.2, 0.25) is 0 Å². The Morgan fingerprint density at radius 3 is 2.72 bits per heavy atom. The van der Waals surface area contributed by atoms with Crippen molar-refractivity contribution >= 4 is 21.9 Å². The number of halogens is 2. The van der Waals surface area contributed by atoms with E-state index in [9.17, 15) is 4.39 Å². The fraction of sp³-hybridized carbons (Fsp3) is 0.111. The number of pyridine rings is 2. The lowest BCUT2D eigenvalue weighted by Crippen LogP contribution is -2.11. The first kappa shape index (κ1) is 22.0. The van der Waals surface area contributed by atoms with Crippen molar-refractivity contribution in [1.82, 2.24) is 35.5 Å². The van der Waals surface area contributed by atoms with Crippen molar-refractivity contribution in [2.45, 2.75) is 13.5 Å². The van der Waals surface area contributed by atoms with Crippen LogP contribution in [0, 0.1) is 11.6 Å². The maximum atomic E-state index is 16.0. The molecule has 0 saturated heterocycles. The van der Waals surface area contributed by atoms with Gasteiger partial charge in [-0.15, -0.1) is 0 Å². The van der Waals surface area contributed by atoms with Gasteiger partial charge in [0.05, 0.1) is 22.1 Å². The van der Waals surface area contributed by atoms with E-state index in [4.69, 9.17) is 4.98 Å². The van der Waals surface area contributed by atoms with Crippen molar-refractivity contribution in [3.63, 3.8) is 0 Å². The largest absolute Gasteiger partial charge is 0.336 e. The van der Waals surface area contributed by atoms with Crippen LogP contribution in [0.3, 0.4) is 0 Å². The molecule has 0 amide bonds. The van der Waals surface area contributed by atoms with Gasteiger partial charge < -0.3 is 10.3 Å². The van der Waals surface area contributed by atoms with Gasteiger partial charge in [-0.25, -0.2) is 13.8 Å². The molecule has 6 aromatic rings. The molecule has 0 atom stereocenters. The number of benzene rings is 2. The summed E-state index contributed by atoms with van der Waals surface area (Å²) in [5.74, 6) is -0.390. The molecule has 0 aliphatic rings. The Bertz CT molecular complexity index is 1720. The molecule has 0 radical (unpaired) electrons. The summed E-state index contributed by atoms with van der Waals surface area (Å²) in [5.41, 5.74) is 5.33. The van der Waals surface area contributed by atoms with E-state index in [2.05, 4.69) is 30.5 Å². The zero-order chi connectivity index (χ0) is 24.6. The number of nitrogens with one attached hydrogen (secondary N) is 3. The molecule has 0 aliphatic carbocycles. The number of aromatic nitrogens is 6. The molecule has 178 valence electrons. The lowest BCUT2D eigenvalue weighted by atomic mass is 10.0. The van der Waals surface area contributed by atoms with Crippen molar-refractivity contribution in [1.29, 1.82) is 0 Å². The van der Waals surface area contributed by atoms with Crippen LogP contribution >= 0.6 is 0 Å². The summed E-state index contributed by atoms with van der Waals surface area (Å²) in [7, 11) is 0. The predicted molar refractivity (Wildman–Crippen MR) is 135 cm³/mol. The zero-order valence-corrected chi connectivity index (χ0v) is 19.3. The lowest BCUT2D eigenvalue weighted by Gasteiger charge is -2.07. The van der Waals surface area contributed by atoms with Gasteiger partial charge in [0, 0.05) is 41.8 Å². The number of H-pyrrole nitrogens is 2. The van der Waals surface area contributed by atoms with Crippen molar-refractivity contribution in [2.24, 2.45) is 0 Å². The van der Waals surface area contributed by atoms with Crippen LogP contribution in [-0.4, -0.2) is 36.7 Å². The lowest BCUT2D eigenvalue weighted by molar-refractivity contribution is 0.628. The number of fused-ring (bicyclic) bond motifs is 2. The Hall–Kier alpha value is -4.50. The molecular formula is C27H21F2N7. The van der Waals surface area contributed by atoms with Gasteiger partial charge >= 0.3 is 0 Å². The van der Waals surface area contributed by atoms with Crippen LogP contribution in [0.1, 0.15) is 12.5 Å². The molecule has 4 aromatic heterocycles. The summed E-state index contributed by atoms with van der Waals surface area (Å²) < 4.78 is 29.8. The van der Waals surface area contributed by atoms with E-state index in [0.717, 1.165) is 12.1 Å². The molecule has 7 nitrogen and oxygen atoms in total. The first-order valence-electron chi connectivity index (χ1n) is 11.5. The Labute approximate surface area is 204 Å². The predicted octanol–water partition coefficient (Wildman–Crippen LogP) is 5.62. The fourth-order valence-electron chi connectivity index (χ4n) is 4.36. The van der Waals surface area contributed by atoms with Gasteiger partial charge in [0.25, 0.3) is 0 Å². The van der Waals surface area contributed by atoms with Gasteiger partial charge in [-0.1, -0.05) is 19.1 Å². The van der Waals surface area contributed by atoms with E-state index in [1.54, 1.807) is 48.9 Å². The van der Waals surface area contributed by atoms with Gasteiger partial charge in [-0.3, -0.25) is 15.1 Å². The van der Waals surface area contributed by atoms with Crippen molar-refractivity contribution < 1.29 is 8.78 Å². The highest BCUT2D eigenvalue weighted by Crippen LogP contribution is 2.35. The minimum Gasteiger partial charge on any atom is -0.336 e. The summed E-state index contributed by atoms with van der Waals surface area (Å²) >= 11 is 0. The molecular weight excluding hydrogens is 460 g/mol. The molecule has 0 saturated carbocycles. The zero-order valence-electron chi connectivity index (χ0n) is 19.3. The summed E-state index contributed by atoms with van der Waals surface area (Å²) in [5, 5.41) is 10.9. The van der Waals surface area contributed by atoms with Crippen LogP contribution in [0.15, 0.2) is 67.1 Å². The van der Waals surface area contributed by atoms with Crippen LogP contribution in [-0.2, 0) is 6.54 Å². The highest BCUT2D eigenvalue weighted by atomic mass is 19.1. The van der Waals surface area contributed by atoms with Gasteiger partial charge in [-0.05, 0) is 48.5 Å². The summed E-state index contributed by atoms with van der Waals surface area (Å²) in [6.45, 7) is 3.51. The molecule has 0 fully saturated rings. The van der Waals surface area contributed by atoms with E-state index in [1.807, 2.05) is 13.0 Å². The molecule has 4 heterocycles. The number of rotatable bonds is 6. The van der Waals surface area contributed by atoms with Gasteiger partial charge in [0.1, 0.15) is 22.8 Å². The van der Waals surface area contributed by atoms with Crippen LogP contribution in [0.2, 0.25) is 0 Å². The Kier molecular flexibility index (Phi) is 5.46. The molecule has 9 heteroatoms.